The van der Waals surface area contributed by atoms with Crippen molar-refractivity contribution in [3.05, 3.63) is 29.8 Å². The number of nitrogens with one attached hydrogen (secondary N) is 1. The molecule has 0 radical (unpaired) electrons. The van der Waals surface area contributed by atoms with Gasteiger partial charge in [-0.2, -0.15) is 0 Å². The average Bonchev–Trinajstić information content (AvgIpc) is 2.65. The second-order valence-corrected chi connectivity index (χ2v) is 3.99. The summed E-state index contributed by atoms with van der Waals surface area (Å²) < 4.78 is 18.5. The molecule has 2 rings (SSSR count). The van der Waals surface area contributed by atoms with E-state index in [2.05, 4.69) is 5.32 Å². The third-order valence-corrected chi connectivity index (χ3v) is 2.89. The fraction of sp³-hybridized carbons (Fsp3) is 0.500. The van der Waals surface area contributed by atoms with Crippen LogP contribution in [0, 0.1) is 5.92 Å². The van der Waals surface area contributed by atoms with E-state index in [9.17, 15) is 4.39 Å². The molecule has 1 aliphatic heterocycles. The smallest absolute Gasteiger partial charge is 0.119 e. The topological polar surface area (TPSA) is 21.3 Å². The van der Waals surface area contributed by atoms with Crippen LogP contribution in [0.4, 0.5) is 4.39 Å². The van der Waals surface area contributed by atoms with Gasteiger partial charge in [0.1, 0.15) is 11.9 Å². The lowest BCUT2D eigenvalue weighted by Crippen LogP contribution is -2.15. The Morgan fingerprint density at radius 3 is 3.00 bits per heavy atom. The summed E-state index contributed by atoms with van der Waals surface area (Å²) in [5.41, 5.74) is 1.14. The van der Waals surface area contributed by atoms with E-state index in [4.69, 9.17) is 4.74 Å². The van der Waals surface area contributed by atoms with E-state index in [0.29, 0.717) is 6.54 Å². The molecule has 1 aliphatic rings. The Bertz CT molecular complexity index is 329. The standard InChI is InChI=1S/C12H16FNO/c1-15-11-4-2-3-9(6-11)5-10-7-14-8-12(10)13/h2-4,6,10,12,14H,5,7-8H2,1H3. The van der Waals surface area contributed by atoms with E-state index in [0.717, 1.165) is 24.3 Å². The van der Waals surface area contributed by atoms with Crippen LogP contribution >= 0.6 is 0 Å². The lowest BCUT2D eigenvalue weighted by molar-refractivity contribution is 0.282. The van der Waals surface area contributed by atoms with E-state index >= 15 is 0 Å². The van der Waals surface area contributed by atoms with Crippen LogP contribution in [0.3, 0.4) is 0 Å². The average molecular weight is 209 g/mol. The molecule has 1 saturated heterocycles. The van der Waals surface area contributed by atoms with Gasteiger partial charge in [0.25, 0.3) is 0 Å². The van der Waals surface area contributed by atoms with Gasteiger partial charge in [0.15, 0.2) is 0 Å². The van der Waals surface area contributed by atoms with Crippen molar-refractivity contribution in [2.45, 2.75) is 12.6 Å². The third-order valence-electron chi connectivity index (χ3n) is 2.89. The minimum Gasteiger partial charge on any atom is -0.497 e. The van der Waals surface area contributed by atoms with Crippen LogP contribution in [0.5, 0.6) is 5.75 Å². The van der Waals surface area contributed by atoms with Gasteiger partial charge in [0.05, 0.1) is 7.11 Å². The molecular formula is C12H16FNO. The zero-order chi connectivity index (χ0) is 10.7. The minimum absolute atomic E-state index is 0.108. The highest BCUT2D eigenvalue weighted by Gasteiger charge is 2.26. The van der Waals surface area contributed by atoms with Gasteiger partial charge in [0, 0.05) is 19.0 Å². The Kier molecular flexibility index (Phi) is 3.21. The molecule has 1 N–H and O–H groups in total. The fourth-order valence-corrected chi connectivity index (χ4v) is 2.00. The van der Waals surface area contributed by atoms with Gasteiger partial charge in [-0.3, -0.25) is 0 Å². The SMILES string of the molecule is COc1cccc(CC2CNCC2F)c1. The van der Waals surface area contributed by atoms with Crippen LogP contribution in [-0.2, 0) is 6.42 Å². The first-order valence-electron chi connectivity index (χ1n) is 5.27. The molecule has 0 aliphatic carbocycles. The predicted molar refractivity (Wildman–Crippen MR) is 58.0 cm³/mol. The molecule has 1 heterocycles. The van der Waals surface area contributed by atoms with Crippen LogP contribution in [0.1, 0.15) is 5.56 Å². The lowest BCUT2D eigenvalue weighted by Gasteiger charge is -2.11. The monoisotopic (exact) mass is 209 g/mol. The molecule has 1 aromatic carbocycles. The maximum atomic E-state index is 13.4. The van der Waals surface area contributed by atoms with Crippen LogP contribution < -0.4 is 10.1 Å². The molecule has 0 amide bonds. The molecule has 2 atom stereocenters. The van der Waals surface area contributed by atoms with E-state index in [-0.39, 0.29) is 5.92 Å². The number of alkyl halides is 1. The van der Waals surface area contributed by atoms with Gasteiger partial charge in [-0.05, 0) is 24.1 Å². The molecule has 15 heavy (non-hydrogen) atoms. The summed E-state index contributed by atoms with van der Waals surface area (Å²) >= 11 is 0. The van der Waals surface area contributed by atoms with Crippen molar-refractivity contribution in [1.29, 1.82) is 0 Å². The molecule has 1 fully saturated rings. The van der Waals surface area contributed by atoms with Crippen molar-refractivity contribution >= 4 is 0 Å². The Hall–Kier alpha value is -1.09. The highest BCUT2D eigenvalue weighted by atomic mass is 19.1. The summed E-state index contributed by atoms with van der Waals surface area (Å²) in [6, 6.07) is 7.85. The number of rotatable bonds is 3. The quantitative estimate of drug-likeness (QED) is 0.819. The fourth-order valence-electron chi connectivity index (χ4n) is 2.00. The zero-order valence-electron chi connectivity index (χ0n) is 8.87. The normalized spacial score (nSPS) is 25.5. The van der Waals surface area contributed by atoms with Gasteiger partial charge < -0.3 is 10.1 Å². The number of hydrogen-bond donors (Lipinski definition) is 1. The third kappa shape index (κ3) is 2.48. The number of ether oxygens (including phenoxy) is 1. The second-order valence-electron chi connectivity index (χ2n) is 3.99. The van der Waals surface area contributed by atoms with Crippen LogP contribution in [0.2, 0.25) is 0 Å². The van der Waals surface area contributed by atoms with Crippen molar-refractivity contribution in [1.82, 2.24) is 5.32 Å². The van der Waals surface area contributed by atoms with E-state index in [1.54, 1.807) is 7.11 Å². The van der Waals surface area contributed by atoms with Crippen molar-refractivity contribution in [2.75, 3.05) is 20.2 Å². The number of methoxy groups -OCH3 is 1. The maximum absolute atomic E-state index is 13.4. The first-order valence-corrected chi connectivity index (χ1v) is 5.27. The molecule has 0 bridgehead atoms. The van der Waals surface area contributed by atoms with Gasteiger partial charge >= 0.3 is 0 Å². The summed E-state index contributed by atoms with van der Waals surface area (Å²) in [5.74, 6) is 0.950. The summed E-state index contributed by atoms with van der Waals surface area (Å²) in [4.78, 5) is 0. The van der Waals surface area contributed by atoms with Gasteiger partial charge in [-0.15, -0.1) is 0 Å². The molecule has 2 nitrogen and oxygen atoms in total. The molecule has 82 valence electrons. The van der Waals surface area contributed by atoms with Crippen LogP contribution in [-0.4, -0.2) is 26.4 Å². The lowest BCUT2D eigenvalue weighted by atomic mass is 9.97. The van der Waals surface area contributed by atoms with Gasteiger partial charge in [-0.1, -0.05) is 12.1 Å². The first kappa shape index (κ1) is 10.4. The summed E-state index contributed by atoms with van der Waals surface area (Å²) in [7, 11) is 1.65. The maximum Gasteiger partial charge on any atom is 0.119 e. The Morgan fingerprint density at radius 1 is 1.47 bits per heavy atom. The minimum atomic E-state index is -0.712. The Labute approximate surface area is 89.4 Å². The van der Waals surface area contributed by atoms with E-state index in [1.807, 2.05) is 24.3 Å². The van der Waals surface area contributed by atoms with Crippen molar-refractivity contribution < 1.29 is 9.13 Å². The van der Waals surface area contributed by atoms with Gasteiger partial charge in [-0.25, -0.2) is 4.39 Å². The molecule has 1 aromatic rings. The van der Waals surface area contributed by atoms with Crippen LogP contribution in [0.25, 0.3) is 0 Å². The summed E-state index contributed by atoms with van der Waals surface area (Å²) in [5, 5.41) is 3.06. The Balaban J connectivity index is 2.03. The molecule has 0 spiro atoms. The predicted octanol–water partition coefficient (Wildman–Crippen LogP) is 1.80. The van der Waals surface area contributed by atoms with E-state index < -0.39 is 6.17 Å². The molecule has 0 aromatic heterocycles. The number of benzene rings is 1. The summed E-state index contributed by atoms with van der Waals surface area (Å²) in [6.07, 6.45) is 0.0713. The van der Waals surface area contributed by atoms with Gasteiger partial charge in [0.2, 0.25) is 0 Å². The molecular weight excluding hydrogens is 193 g/mol. The van der Waals surface area contributed by atoms with Crippen molar-refractivity contribution in [2.24, 2.45) is 5.92 Å². The zero-order valence-corrected chi connectivity index (χ0v) is 8.87. The largest absolute Gasteiger partial charge is 0.497 e. The first-order chi connectivity index (χ1) is 7.29. The highest BCUT2D eigenvalue weighted by molar-refractivity contribution is 5.28. The van der Waals surface area contributed by atoms with Crippen LogP contribution in [0.15, 0.2) is 24.3 Å². The van der Waals surface area contributed by atoms with Crippen molar-refractivity contribution in [3.8, 4) is 5.75 Å². The molecule has 0 saturated carbocycles. The summed E-state index contributed by atoms with van der Waals surface area (Å²) in [6.45, 7) is 1.27. The Morgan fingerprint density at radius 2 is 2.33 bits per heavy atom. The second kappa shape index (κ2) is 4.62. The number of hydrogen-bond acceptors (Lipinski definition) is 2. The number of halogens is 1. The van der Waals surface area contributed by atoms with E-state index in [1.165, 1.54) is 0 Å². The molecule has 3 heteroatoms. The highest BCUT2D eigenvalue weighted by Crippen LogP contribution is 2.21. The molecule has 2 unspecified atom stereocenters. The van der Waals surface area contributed by atoms with Crippen molar-refractivity contribution in [3.63, 3.8) is 0 Å².